The van der Waals surface area contributed by atoms with Crippen molar-refractivity contribution in [3.05, 3.63) is 107 Å². The summed E-state index contributed by atoms with van der Waals surface area (Å²) in [5, 5.41) is 2.97. The summed E-state index contributed by atoms with van der Waals surface area (Å²) in [7, 11) is 0. The lowest BCUT2D eigenvalue weighted by atomic mass is 9.94. The van der Waals surface area contributed by atoms with Crippen molar-refractivity contribution in [1.29, 1.82) is 0 Å². The van der Waals surface area contributed by atoms with Crippen molar-refractivity contribution in [2.75, 3.05) is 0 Å². The molecule has 0 aliphatic rings. The number of hydrogen-bond donors (Lipinski definition) is 1. The first-order valence-corrected chi connectivity index (χ1v) is 7.82. The SMILES string of the molecule is Cc1ccccc1[C@@H](NC(=O)c1ccccc1F)c1ccccc1. The number of halogens is 1. The van der Waals surface area contributed by atoms with Crippen molar-refractivity contribution >= 4 is 5.91 Å². The Morgan fingerprint density at radius 1 is 0.875 bits per heavy atom. The van der Waals surface area contributed by atoms with Crippen LogP contribution in [0.5, 0.6) is 0 Å². The second kappa shape index (κ2) is 7.09. The molecule has 3 heteroatoms. The van der Waals surface area contributed by atoms with Gasteiger partial charge in [0, 0.05) is 0 Å². The Kier molecular flexibility index (Phi) is 4.71. The third kappa shape index (κ3) is 3.35. The summed E-state index contributed by atoms with van der Waals surface area (Å²) < 4.78 is 13.9. The van der Waals surface area contributed by atoms with Crippen molar-refractivity contribution in [2.24, 2.45) is 0 Å². The van der Waals surface area contributed by atoms with E-state index in [0.29, 0.717) is 0 Å². The van der Waals surface area contributed by atoms with E-state index in [9.17, 15) is 9.18 Å². The summed E-state index contributed by atoms with van der Waals surface area (Å²) >= 11 is 0. The van der Waals surface area contributed by atoms with Crippen molar-refractivity contribution in [1.82, 2.24) is 5.32 Å². The van der Waals surface area contributed by atoms with Gasteiger partial charge in [-0.15, -0.1) is 0 Å². The Morgan fingerprint density at radius 3 is 2.21 bits per heavy atom. The second-order valence-electron chi connectivity index (χ2n) is 5.65. The summed E-state index contributed by atoms with van der Waals surface area (Å²) in [5.74, 6) is -0.947. The number of carbonyl (C=O) groups excluding carboxylic acids is 1. The van der Waals surface area contributed by atoms with Crippen molar-refractivity contribution in [3.63, 3.8) is 0 Å². The molecule has 2 nitrogen and oxygen atoms in total. The van der Waals surface area contributed by atoms with Crippen LogP contribution in [0.15, 0.2) is 78.9 Å². The third-order valence-electron chi connectivity index (χ3n) is 4.03. The van der Waals surface area contributed by atoms with E-state index in [0.717, 1.165) is 16.7 Å². The zero-order valence-electron chi connectivity index (χ0n) is 13.4. The van der Waals surface area contributed by atoms with Gasteiger partial charge in [0.15, 0.2) is 0 Å². The monoisotopic (exact) mass is 319 g/mol. The fraction of sp³-hybridized carbons (Fsp3) is 0.0952. The molecule has 3 aromatic rings. The molecular weight excluding hydrogens is 301 g/mol. The molecule has 0 heterocycles. The van der Waals surface area contributed by atoms with Crippen molar-refractivity contribution < 1.29 is 9.18 Å². The maximum absolute atomic E-state index is 13.9. The van der Waals surface area contributed by atoms with Gasteiger partial charge in [-0.25, -0.2) is 4.39 Å². The number of carbonyl (C=O) groups is 1. The first-order chi connectivity index (χ1) is 11.7. The van der Waals surface area contributed by atoms with Gasteiger partial charge in [-0.3, -0.25) is 4.79 Å². The first kappa shape index (κ1) is 15.9. The quantitative estimate of drug-likeness (QED) is 0.745. The van der Waals surface area contributed by atoms with E-state index in [-0.39, 0.29) is 11.6 Å². The molecule has 0 aliphatic heterocycles. The van der Waals surface area contributed by atoms with Gasteiger partial charge in [-0.1, -0.05) is 66.7 Å². The van der Waals surface area contributed by atoms with Crippen LogP contribution in [0.3, 0.4) is 0 Å². The normalized spacial score (nSPS) is 11.8. The van der Waals surface area contributed by atoms with E-state index in [1.807, 2.05) is 61.5 Å². The molecular formula is C21H18FNO. The van der Waals surface area contributed by atoms with Crippen LogP contribution in [0.2, 0.25) is 0 Å². The zero-order chi connectivity index (χ0) is 16.9. The Bertz CT molecular complexity index is 845. The molecule has 0 unspecified atom stereocenters. The molecule has 24 heavy (non-hydrogen) atoms. The van der Waals surface area contributed by atoms with E-state index < -0.39 is 11.7 Å². The molecule has 1 amide bonds. The minimum atomic E-state index is -0.522. The highest BCUT2D eigenvalue weighted by atomic mass is 19.1. The van der Waals surface area contributed by atoms with Gasteiger partial charge in [-0.2, -0.15) is 0 Å². The lowest BCUT2D eigenvalue weighted by Crippen LogP contribution is -2.30. The van der Waals surface area contributed by atoms with E-state index in [1.165, 1.54) is 12.1 Å². The molecule has 0 spiro atoms. The standard InChI is InChI=1S/C21H18FNO/c1-15-9-5-6-12-17(15)20(16-10-3-2-4-11-16)23-21(24)18-13-7-8-14-19(18)22/h2-14,20H,1H3,(H,23,24)/t20-/m0/s1. The number of nitrogens with one attached hydrogen (secondary N) is 1. The molecule has 120 valence electrons. The smallest absolute Gasteiger partial charge is 0.255 e. The Balaban J connectivity index is 1.99. The van der Waals surface area contributed by atoms with Crippen LogP contribution in [0.25, 0.3) is 0 Å². The maximum Gasteiger partial charge on any atom is 0.255 e. The number of benzene rings is 3. The fourth-order valence-corrected chi connectivity index (χ4v) is 2.75. The molecule has 3 aromatic carbocycles. The predicted molar refractivity (Wildman–Crippen MR) is 93.3 cm³/mol. The second-order valence-corrected chi connectivity index (χ2v) is 5.65. The van der Waals surface area contributed by atoms with Crippen LogP contribution in [0.4, 0.5) is 4.39 Å². The highest BCUT2D eigenvalue weighted by Gasteiger charge is 2.20. The van der Waals surface area contributed by atoms with E-state index in [2.05, 4.69) is 5.32 Å². The van der Waals surface area contributed by atoms with Gasteiger partial charge >= 0.3 is 0 Å². The molecule has 1 N–H and O–H groups in total. The summed E-state index contributed by atoms with van der Waals surface area (Å²) in [6, 6.07) is 23.2. The summed E-state index contributed by atoms with van der Waals surface area (Å²) in [5.41, 5.74) is 3.07. The van der Waals surface area contributed by atoms with Gasteiger partial charge in [0.1, 0.15) is 5.82 Å². The topological polar surface area (TPSA) is 29.1 Å². The van der Waals surface area contributed by atoms with Gasteiger partial charge < -0.3 is 5.32 Å². The minimum Gasteiger partial charge on any atom is -0.341 e. The van der Waals surface area contributed by atoms with Crippen LogP contribution in [-0.2, 0) is 0 Å². The average molecular weight is 319 g/mol. The average Bonchev–Trinajstić information content (AvgIpc) is 2.61. The molecule has 0 radical (unpaired) electrons. The Morgan fingerprint density at radius 2 is 1.50 bits per heavy atom. The van der Waals surface area contributed by atoms with Gasteiger partial charge in [0.25, 0.3) is 5.91 Å². The predicted octanol–water partition coefficient (Wildman–Crippen LogP) is 4.65. The number of hydrogen-bond acceptors (Lipinski definition) is 1. The van der Waals surface area contributed by atoms with Crippen molar-refractivity contribution in [2.45, 2.75) is 13.0 Å². The third-order valence-corrected chi connectivity index (χ3v) is 4.03. The largest absolute Gasteiger partial charge is 0.341 e. The van der Waals surface area contributed by atoms with Gasteiger partial charge in [0.05, 0.1) is 11.6 Å². The van der Waals surface area contributed by atoms with Crippen LogP contribution in [0, 0.1) is 12.7 Å². The van der Waals surface area contributed by atoms with E-state index >= 15 is 0 Å². The highest BCUT2D eigenvalue weighted by Crippen LogP contribution is 2.25. The summed E-state index contributed by atoms with van der Waals surface area (Å²) in [6.45, 7) is 2.00. The number of aryl methyl sites for hydroxylation is 1. The number of rotatable bonds is 4. The van der Waals surface area contributed by atoms with Gasteiger partial charge in [-0.05, 0) is 35.7 Å². The summed E-state index contributed by atoms with van der Waals surface area (Å²) in [4.78, 5) is 12.6. The Labute approximate surface area is 141 Å². The van der Waals surface area contributed by atoms with E-state index in [1.54, 1.807) is 12.1 Å². The first-order valence-electron chi connectivity index (χ1n) is 7.82. The maximum atomic E-state index is 13.9. The Hall–Kier alpha value is -2.94. The lowest BCUT2D eigenvalue weighted by Gasteiger charge is -2.22. The molecule has 0 aromatic heterocycles. The molecule has 0 aliphatic carbocycles. The van der Waals surface area contributed by atoms with Crippen LogP contribution >= 0.6 is 0 Å². The molecule has 0 fully saturated rings. The highest BCUT2D eigenvalue weighted by molar-refractivity contribution is 5.95. The van der Waals surface area contributed by atoms with Gasteiger partial charge in [0.2, 0.25) is 0 Å². The van der Waals surface area contributed by atoms with Crippen molar-refractivity contribution in [3.8, 4) is 0 Å². The molecule has 0 saturated carbocycles. The molecule has 0 saturated heterocycles. The minimum absolute atomic E-state index is 0.0482. The van der Waals surface area contributed by atoms with Crippen LogP contribution < -0.4 is 5.32 Å². The fourth-order valence-electron chi connectivity index (χ4n) is 2.75. The summed E-state index contributed by atoms with van der Waals surface area (Å²) in [6.07, 6.45) is 0. The van der Waals surface area contributed by atoms with Crippen LogP contribution in [0.1, 0.15) is 33.1 Å². The zero-order valence-corrected chi connectivity index (χ0v) is 13.4. The van der Waals surface area contributed by atoms with E-state index in [4.69, 9.17) is 0 Å². The lowest BCUT2D eigenvalue weighted by molar-refractivity contribution is 0.0939. The molecule has 0 bridgehead atoms. The van der Waals surface area contributed by atoms with Crippen LogP contribution in [-0.4, -0.2) is 5.91 Å². The molecule has 1 atom stereocenters. The molecule has 3 rings (SSSR count). The number of amides is 1.